The van der Waals surface area contributed by atoms with E-state index in [1.54, 1.807) is 17.8 Å². The quantitative estimate of drug-likeness (QED) is 0.888. The van der Waals surface area contributed by atoms with Crippen LogP contribution in [0.25, 0.3) is 0 Å². The van der Waals surface area contributed by atoms with Crippen LogP contribution < -0.4 is 4.90 Å². The van der Waals surface area contributed by atoms with Crippen molar-refractivity contribution in [3.05, 3.63) is 41.9 Å². The van der Waals surface area contributed by atoms with Crippen LogP contribution in [-0.4, -0.2) is 26.9 Å². The van der Waals surface area contributed by atoms with Gasteiger partial charge in [-0.15, -0.1) is 0 Å². The minimum atomic E-state index is -0.477. The molecule has 5 heteroatoms. The number of hydrogen-bond donors (Lipinski definition) is 1. The molecule has 2 rings (SSSR count). The molecule has 0 aromatic carbocycles. The summed E-state index contributed by atoms with van der Waals surface area (Å²) >= 11 is 0. The molecular weight excluding hydrogens is 228 g/mol. The minimum absolute atomic E-state index is 0.477. The maximum Gasteiger partial charge on any atom is 0.128 e. The summed E-state index contributed by atoms with van der Waals surface area (Å²) in [6.07, 6.45) is 5.07. The number of hydrogen-bond acceptors (Lipinski definition) is 4. The molecule has 0 radical (unpaired) electrons. The van der Waals surface area contributed by atoms with E-state index in [1.165, 1.54) is 0 Å². The second-order valence-electron chi connectivity index (χ2n) is 4.50. The van der Waals surface area contributed by atoms with Gasteiger partial charge in [0.15, 0.2) is 0 Å². The van der Waals surface area contributed by atoms with E-state index in [-0.39, 0.29) is 0 Å². The average Bonchev–Trinajstić information content (AvgIpc) is 2.75. The number of aromatic nitrogens is 3. The lowest BCUT2D eigenvalue weighted by molar-refractivity contribution is 0.199. The summed E-state index contributed by atoms with van der Waals surface area (Å²) in [4.78, 5) is 6.39. The summed E-state index contributed by atoms with van der Waals surface area (Å²) in [5.74, 6) is 0.878. The van der Waals surface area contributed by atoms with Gasteiger partial charge >= 0.3 is 0 Å². The molecule has 2 heterocycles. The molecule has 18 heavy (non-hydrogen) atoms. The lowest BCUT2D eigenvalue weighted by Gasteiger charge is -2.17. The maximum absolute atomic E-state index is 9.43. The van der Waals surface area contributed by atoms with E-state index in [9.17, 15) is 5.11 Å². The fraction of sp³-hybridized carbons (Fsp3) is 0.385. The van der Waals surface area contributed by atoms with Crippen LogP contribution in [-0.2, 0) is 13.6 Å². The Morgan fingerprint density at radius 2 is 2.17 bits per heavy atom. The smallest absolute Gasteiger partial charge is 0.128 e. The van der Waals surface area contributed by atoms with Crippen molar-refractivity contribution in [2.45, 2.75) is 19.6 Å². The number of pyridine rings is 1. The van der Waals surface area contributed by atoms with Crippen molar-refractivity contribution >= 4 is 5.82 Å². The Hall–Kier alpha value is -1.88. The second kappa shape index (κ2) is 5.18. The number of rotatable bonds is 4. The minimum Gasteiger partial charge on any atom is -0.389 e. The van der Waals surface area contributed by atoms with E-state index in [2.05, 4.69) is 10.1 Å². The van der Waals surface area contributed by atoms with Gasteiger partial charge in [-0.05, 0) is 18.6 Å². The first-order chi connectivity index (χ1) is 8.56. The van der Waals surface area contributed by atoms with Gasteiger partial charge in [-0.2, -0.15) is 5.10 Å². The second-order valence-corrected chi connectivity index (χ2v) is 4.50. The van der Waals surface area contributed by atoms with Crippen molar-refractivity contribution in [1.82, 2.24) is 14.8 Å². The largest absolute Gasteiger partial charge is 0.389 e. The van der Waals surface area contributed by atoms with Gasteiger partial charge in [-0.25, -0.2) is 4.98 Å². The molecule has 1 N–H and O–H groups in total. The van der Waals surface area contributed by atoms with Crippen molar-refractivity contribution in [2.75, 3.05) is 11.9 Å². The molecule has 0 spiro atoms. The molecule has 2 aromatic rings. The molecule has 96 valence electrons. The number of aliphatic hydroxyl groups is 1. The van der Waals surface area contributed by atoms with Crippen LogP contribution in [0.2, 0.25) is 0 Å². The molecule has 2 aromatic heterocycles. The van der Waals surface area contributed by atoms with Crippen molar-refractivity contribution < 1.29 is 5.11 Å². The van der Waals surface area contributed by atoms with Crippen LogP contribution in [0.3, 0.4) is 0 Å². The van der Waals surface area contributed by atoms with E-state index in [0.29, 0.717) is 0 Å². The van der Waals surface area contributed by atoms with Crippen LogP contribution in [0.4, 0.5) is 5.82 Å². The molecule has 0 bridgehead atoms. The molecule has 0 aliphatic rings. The summed E-state index contributed by atoms with van der Waals surface area (Å²) in [5.41, 5.74) is 1.97. The molecule has 5 nitrogen and oxygen atoms in total. The zero-order valence-corrected chi connectivity index (χ0v) is 10.9. The van der Waals surface area contributed by atoms with Gasteiger partial charge in [0, 0.05) is 38.6 Å². The molecule has 0 aliphatic heterocycles. The molecule has 0 saturated carbocycles. The fourth-order valence-electron chi connectivity index (χ4n) is 1.78. The Morgan fingerprint density at radius 3 is 2.67 bits per heavy atom. The lowest BCUT2D eigenvalue weighted by atomic mass is 10.2. The van der Waals surface area contributed by atoms with Gasteiger partial charge in [0.05, 0.1) is 12.3 Å². The third kappa shape index (κ3) is 2.87. The number of anilines is 1. The third-order valence-corrected chi connectivity index (χ3v) is 2.82. The Bertz CT molecular complexity index is 504. The highest BCUT2D eigenvalue weighted by molar-refractivity contribution is 5.39. The van der Waals surface area contributed by atoms with E-state index in [1.807, 2.05) is 43.5 Å². The Kier molecular flexibility index (Phi) is 3.62. The highest BCUT2D eigenvalue weighted by atomic mass is 16.3. The first-order valence-corrected chi connectivity index (χ1v) is 5.89. The first-order valence-electron chi connectivity index (χ1n) is 5.89. The summed E-state index contributed by atoms with van der Waals surface area (Å²) in [5, 5.41) is 13.6. The molecular formula is C13H18N4O. The van der Waals surface area contributed by atoms with Gasteiger partial charge in [-0.3, -0.25) is 4.68 Å². The molecule has 0 saturated heterocycles. The SMILES string of the molecule is CC(O)c1ccc(N(C)Cc2cnn(C)c2)nc1. The fourth-order valence-corrected chi connectivity index (χ4v) is 1.78. The highest BCUT2D eigenvalue weighted by Gasteiger charge is 2.06. The molecule has 0 aliphatic carbocycles. The number of nitrogens with zero attached hydrogens (tertiary/aromatic N) is 4. The predicted molar refractivity (Wildman–Crippen MR) is 70.2 cm³/mol. The van der Waals surface area contributed by atoms with Gasteiger partial charge in [-0.1, -0.05) is 6.07 Å². The maximum atomic E-state index is 9.43. The van der Waals surface area contributed by atoms with Gasteiger partial charge in [0.1, 0.15) is 5.82 Å². The van der Waals surface area contributed by atoms with Crippen LogP contribution >= 0.6 is 0 Å². The number of aryl methyl sites for hydroxylation is 1. The summed E-state index contributed by atoms with van der Waals surface area (Å²) in [7, 11) is 3.89. The normalized spacial score (nSPS) is 12.4. The van der Waals surface area contributed by atoms with Crippen LogP contribution in [0, 0.1) is 0 Å². The molecule has 0 amide bonds. The average molecular weight is 246 g/mol. The van der Waals surface area contributed by atoms with Crippen molar-refractivity contribution in [3.63, 3.8) is 0 Å². The number of aliphatic hydroxyl groups excluding tert-OH is 1. The molecule has 1 atom stereocenters. The Balaban J connectivity index is 2.06. The topological polar surface area (TPSA) is 54.2 Å². The van der Waals surface area contributed by atoms with Gasteiger partial charge in [0.2, 0.25) is 0 Å². The first kappa shape index (κ1) is 12.6. The zero-order valence-electron chi connectivity index (χ0n) is 10.9. The van der Waals surface area contributed by atoms with E-state index >= 15 is 0 Å². The van der Waals surface area contributed by atoms with Crippen LogP contribution in [0.1, 0.15) is 24.2 Å². The highest BCUT2D eigenvalue weighted by Crippen LogP contribution is 2.16. The Morgan fingerprint density at radius 1 is 1.39 bits per heavy atom. The predicted octanol–water partition coefficient (Wildman–Crippen LogP) is 1.50. The lowest BCUT2D eigenvalue weighted by Crippen LogP contribution is -2.17. The Labute approximate surface area is 107 Å². The van der Waals surface area contributed by atoms with Crippen LogP contribution in [0.5, 0.6) is 0 Å². The summed E-state index contributed by atoms with van der Waals surface area (Å²) < 4.78 is 1.78. The summed E-state index contributed by atoms with van der Waals surface area (Å²) in [6.45, 7) is 2.49. The van der Waals surface area contributed by atoms with E-state index in [0.717, 1.165) is 23.5 Å². The van der Waals surface area contributed by atoms with Gasteiger partial charge in [0.25, 0.3) is 0 Å². The third-order valence-electron chi connectivity index (χ3n) is 2.82. The van der Waals surface area contributed by atoms with Gasteiger partial charge < -0.3 is 10.0 Å². The van der Waals surface area contributed by atoms with Crippen molar-refractivity contribution in [2.24, 2.45) is 7.05 Å². The molecule has 0 fully saturated rings. The summed E-state index contributed by atoms with van der Waals surface area (Å²) in [6, 6.07) is 3.81. The van der Waals surface area contributed by atoms with Crippen LogP contribution in [0.15, 0.2) is 30.7 Å². The van der Waals surface area contributed by atoms with E-state index < -0.39 is 6.10 Å². The zero-order chi connectivity index (χ0) is 13.1. The van der Waals surface area contributed by atoms with E-state index in [4.69, 9.17) is 0 Å². The standard InChI is InChI=1S/C13H18N4O/c1-10(18)12-4-5-13(14-7-12)16(2)8-11-6-15-17(3)9-11/h4-7,9-10,18H,8H2,1-3H3. The molecule has 1 unspecified atom stereocenters. The van der Waals surface area contributed by atoms with Crippen molar-refractivity contribution in [1.29, 1.82) is 0 Å². The van der Waals surface area contributed by atoms with Crippen molar-refractivity contribution in [3.8, 4) is 0 Å². The monoisotopic (exact) mass is 246 g/mol.